The van der Waals surface area contributed by atoms with Crippen molar-refractivity contribution in [2.75, 3.05) is 5.73 Å². The summed E-state index contributed by atoms with van der Waals surface area (Å²) < 4.78 is 18.3. The molecule has 0 amide bonds. The molecule has 8 nitrogen and oxygen atoms in total. The Balaban J connectivity index is 1.64. The monoisotopic (exact) mass is 431 g/mol. The van der Waals surface area contributed by atoms with Gasteiger partial charge in [0.1, 0.15) is 17.0 Å². The quantitative estimate of drug-likeness (QED) is 0.481. The Morgan fingerprint density at radius 1 is 1.25 bits per heavy atom. The van der Waals surface area contributed by atoms with Crippen molar-refractivity contribution < 1.29 is 9.50 Å². The van der Waals surface area contributed by atoms with E-state index in [4.69, 9.17) is 5.73 Å². The van der Waals surface area contributed by atoms with E-state index in [9.17, 15) is 9.50 Å². The van der Waals surface area contributed by atoms with Crippen molar-refractivity contribution in [2.24, 2.45) is 13.0 Å². The molecule has 4 heterocycles. The van der Waals surface area contributed by atoms with Gasteiger partial charge in [-0.05, 0) is 37.7 Å². The van der Waals surface area contributed by atoms with E-state index in [1.54, 1.807) is 30.1 Å². The Hall–Kier alpha value is -3.77. The Bertz CT molecular complexity index is 1390. The average Bonchev–Trinajstić information content (AvgIpc) is 3.47. The summed E-state index contributed by atoms with van der Waals surface area (Å²) in [5, 5.41) is 15.5. The van der Waals surface area contributed by atoms with Crippen molar-refractivity contribution in [3.63, 3.8) is 0 Å². The van der Waals surface area contributed by atoms with Gasteiger partial charge in [0.2, 0.25) is 5.95 Å². The number of fused-ring (bicyclic) bond motifs is 1. The summed E-state index contributed by atoms with van der Waals surface area (Å²) in [6, 6.07) is 1.79. The van der Waals surface area contributed by atoms with Crippen LogP contribution in [0.1, 0.15) is 31.0 Å². The van der Waals surface area contributed by atoms with Gasteiger partial charge in [-0.2, -0.15) is 5.10 Å². The maximum atomic E-state index is 14.6. The maximum absolute atomic E-state index is 14.6. The highest BCUT2D eigenvalue weighted by Gasteiger charge is 2.38. The highest BCUT2D eigenvalue weighted by atomic mass is 19.1. The fraction of sp³-hybridized carbons (Fsp3) is 0.304. The van der Waals surface area contributed by atoms with Crippen molar-refractivity contribution in [2.45, 2.75) is 31.9 Å². The van der Waals surface area contributed by atoms with Gasteiger partial charge in [-0.1, -0.05) is 5.92 Å². The van der Waals surface area contributed by atoms with Gasteiger partial charge in [-0.15, -0.1) is 0 Å². The van der Waals surface area contributed by atoms with Crippen LogP contribution in [0.2, 0.25) is 0 Å². The van der Waals surface area contributed by atoms with Crippen LogP contribution in [0, 0.1) is 23.6 Å². The van der Waals surface area contributed by atoms with Gasteiger partial charge in [0.15, 0.2) is 5.82 Å². The van der Waals surface area contributed by atoms with E-state index in [0.717, 1.165) is 35.5 Å². The molecule has 0 spiro atoms. The number of halogens is 1. The van der Waals surface area contributed by atoms with E-state index in [-0.39, 0.29) is 17.6 Å². The summed E-state index contributed by atoms with van der Waals surface area (Å²) in [5.74, 6) is 5.54. The molecule has 0 radical (unpaired) electrons. The van der Waals surface area contributed by atoms with Crippen molar-refractivity contribution in [1.29, 1.82) is 0 Å². The fourth-order valence-electron chi connectivity index (χ4n) is 3.83. The van der Waals surface area contributed by atoms with Crippen molar-refractivity contribution in [1.82, 2.24) is 29.3 Å². The van der Waals surface area contributed by atoms with Crippen LogP contribution in [-0.4, -0.2) is 40.0 Å². The smallest absolute Gasteiger partial charge is 0.220 e. The number of hydrogen-bond donors (Lipinski definition) is 2. The van der Waals surface area contributed by atoms with Gasteiger partial charge in [0.05, 0.1) is 30.7 Å². The molecule has 1 fully saturated rings. The second-order valence-electron chi connectivity index (χ2n) is 8.38. The van der Waals surface area contributed by atoms with Crippen LogP contribution in [0.25, 0.3) is 22.2 Å². The zero-order valence-corrected chi connectivity index (χ0v) is 17.7. The van der Waals surface area contributed by atoms with Crippen LogP contribution < -0.4 is 5.73 Å². The summed E-state index contributed by atoms with van der Waals surface area (Å²) in [6.07, 6.45) is 10.2. The number of nitrogens with zero attached hydrogens (tertiary/aromatic N) is 6. The molecule has 0 bridgehead atoms. The molecule has 4 aromatic heterocycles. The van der Waals surface area contributed by atoms with Gasteiger partial charge in [0, 0.05) is 36.0 Å². The maximum Gasteiger partial charge on any atom is 0.220 e. The van der Waals surface area contributed by atoms with Gasteiger partial charge in [-0.25, -0.2) is 19.3 Å². The first kappa shape index (κ1) is 20.2. The number of nitrogen functional groups attached to an aromatic ring is 1. The average molecular weight is 431 g/mol. The number of aryl methyl sites for hydroxylation is 1. The van der Waals surface area contributed by atoms with Crippen LogP contribution in [0.15, 0.2) is 37.1 Å². The van der Waals surface area contributed by atoms with E-state index >= 15 is 0 Å². The lowest BCUT2D eigenvalue weighted by atomic mass is 10.0. The van der Waals surface area contributed by atoms with Crippen LogP contribution >= 0.6 is 0 Å². The molecule has 3 N–H and O–H groups in total. The minimum absolute atomic E-state index is 0.0101. The zero-order chi connectivity index (χ0) is 22.5. The van der Waals surface area contributed by atoms with Gasteiger partial charge >= 0.3 is 0 Å². The predicted octanol–water partition coefficient (Wildman–Crippen LogP) is 2.51. The molecule has 1 saturated carbocycles. The summed E-state index contributed by atoms with van der Waals surface area (Å²) in [5.41, 5.74) is 7.64. The Morgan fingerprint density at radius 3 is 2.78 bits per heavy atom. The van der Waals surface area contributed by atoms with E-state index in [1.165, 1.54) is 0 Å². The molecule has 1 unspecified atom stereocenters. The first-order valence-electron chi connectivity index (χ1n) is 10.3. The molecule has 5 rings (SSSR count). The second-order valence-corrected chi connectivity index (χ2v) is 8.38. The molecule has 0 saturated heterocycles. The third kappa shape index (κ3) is 3.81. The van der Waals surface area contributed by atoms with Crippen LogP contribution in [0.5, 0.6) is 0 Å². The highest BCUT2D eigenvalue weighted by Crippen LogP contribution is 2.39. The summed E-state index contributed by atoms with van der Waals surface area (Å²) in [4.78, 5) is 12.3. The normalized spacial score (nSPS) is 15.4. The molecule has 162 valence electrons. The first-order valence-corrected chi connectivity index (χ1v) is 10.3. The molecular formula is C23H22FN7O. The fourth-order valence-corrected chi connectivity index (χ4v) is 3.83. The molecule has 9 heteroatoms. The minimum Gasteiger partial charge on any atom is -0.378 e. The van der Waals surface area contributed by atoms with Crippen molar-refractivity contribution in [3.8, 4) is 23.1 Å². The van der Waals surface area contributed by atoms with E-state index in [1.807, 2.05) is 24.0 Å². The molecule has 1 atom stereocenters. The largest absolute Gasteiger partial charge is 0.378 e. The lowest BCUT2D eigenvalue weighted by molar-refractivity contribution is 0.0980. The summed E-state index contributed by atoms with van der Waals surface area (Å²) >= 11 is 0. The number of aliphatic hydroxyl groups is 1. The first-order chi connectivity index (χ1) is 15.3. The van der Waals surface area contributed by atoms with Crippen LogP contribution in [0.3, 0.4) is 0 Å². The van der Waals surface area contributed by atoms with Crippen molar-refractivity contribution in [3.05, 3.63) is 54.1 Å². The summed E-state index contributed by atoms with van der Waals surface area (Å²) in [7, 11) is 1.85. The standard InChI is InChI=1S/C23H22FN7O/c1-23(32,15-3-4-15)6-5-16-7-17-18(21-19(24)9-27-22(25)29-21)13-31(20(17)10-26-16)12-14-8-28-30(2)11-14/h7-11,13,15,32H,3-4,12H2,1-2H3,(H2,25,27,29). The van der Waals surface area contributed by atoms with Crippen molar-refractivity contribution >= 4 is 16.9 Å². The third-order valence-electron chi connectivity index (χ3n) is 5.71. The molecule has 4 aromatic rings. The molecule has 1 aliphatic rings. The lowest BCUT2D eigenvalue weighted by Crippen LogP contribution is -2.24. The van der Waals surface area contributed by atoms with Crippen LogP contribution in [0.4, 0.5) is 10.3 Å². The third-order valence-corrected chi connectivity index (χ3v) is 5.71. The van der Waals surface area contributed by atoms with E-state index in [0.29, 0.717) is 17.8 Å². The number of pyridine rings is 1. The van der Waals surface area contributed by atoms with Gasteiger partial charge in [0.25, 0.3) is 0 Å². The molecule has 0 aromatic carbocycles. The van der Waals surface area contributed by atoms with Crippen LogP contribution in [-0.2, 0) is 13.6 Å². The Morgan fingerprint density at radius 2 is 2.06 bits per heavy atom. The second kappa shape index (κ2) is 7.43. The number of aromatic nitrogens is 6. The molecule has 1 aliphatic carbocycles. The number of rotatable bonds is 4. The minimum atomic E-state index is -1.04. The number of anilines is 1. The molecule has 0 aliphatic heterocycles. The van der Waals surface area contributed by atoms with Gasteiger partial charge < -0.3 is 15.4 Å². The van der Waals surface area contributed by atoms with E-state index in [2.05, 4.69) is 31.9 Å². The number of nitrogens with two attached hydrogens (primary N) is 1. The summed E-state index contributed by atoms with van der Waals surface area (Å²) in [6.45, 7) is 2.25. The number of hydrogen-bond acceptors (Lipinski definition) is 6. The predicted molar refractivity (Wildman–Crippen MR) is 118 cm³/mol. The lowest BCUT2D eigenvalue weighted by Gasteiger charge is -2.14. The Kier molecular flexibility index (Phi) is 4.68. The zero-order valence-electron chi connectivity index (χ0n) is 17.7. The topological polar surface area (TPSA) is 108 Å². The van der Waals surface area contributed by atoms with E-state index < -0.39 is 11.4 Å². The SMILES string of the molecule is Cn1cc(Cn2cc(-c3nc(N)ncc3F)c3cc(C#CC(C)(O)C4CC4)ncc32)cn1. The molecular weight excluding hydrogens is 409 g/mol. The van der Waals surface area contributed by atoms with Gasteiger partial charge in [-0.3, -0.25) is 4.68 Å². The Labute approximate surface area is 183 Å². The molecule has 32 heavy (non-hydrogen) atoms. The highest BCUT2D eigenvalue weighted by molar-refractivity contribution is 5.95.